The number of ether oxygens (including phenoxy) is 1. The van der Waals surface area contributed by atoms with Crippen LogP contribution in [0.1, 0.15) is 36.9 Å². The quantitative estimate of drug-likeness (QED) is 0.632. The van der Waals surface area contributed by atoms with Gasteiger partial charge in [-0.25, -0.2) is 4.98 Å². The molecule has 0 atom stereocenters. The Kier molecular flexibility index (Phi) is 6.15. The Bertz CT molecular complexity index is 922. The van der Waals surface area contributed by atoms with Crippen molar-refractivity contribution >= 4 is 17.2 Å². The molecule has 1 heterocycles. The summed E-state index contributed by atoms with van der Waals surface area (Å²) in [6.07, 6.45) is 0. The van der Waals surface area contributed by atoms with Gasteiger partial charge in [-0.3, -0.25) is 4.79 Å². The lowest BCUT2D eigenvalue weighted by molar-refractivity contribution is -0.123. The van der Waals surface area contributed by atoms with Crippen molar-refractivity contribution in [1.82, 2.24) is 10.3 Å². The molecule has 0 fully saturated rings. The summed E-state index contributed by atoms with van der Waals surface area (Å²) < 4.78 is 5.58. The first-order chi connectivity index (χ1) is 13.3. The third-order valence-corrected chi connectivity index (χ3v) is 5.22. The van der Waals surface area contributed by atoms with E-state index in [4.69, 9.17) is 4.74 Å². The van der Waals surface area contributed by atoms with Crippen LogP contribution in [0.25, 0.3) is 11.3 Å². The van der Waals surface area contributed by atoms with Crippen molar-refractivity contribution < 1.29 is 9.53 Å². The van der Waals surface area contributed by atoms with Gasteiger partial charge in [0.05, 0.1) is 10.7 Å². The second-order valence-corrected chi connectivity index (χ2v) is 8.85. The number of nitrogens with one attached hydrogen (secondary N) is 1. The molecular weight excluding hydrogens is 368 g/mol. The predicted molar refractivity (Wildman–Crippen MR) is 115 cm³/mol. The molecule has 0 saturated carbocycles. The maximum Gasteiger partial charge on any atom is 0.258 e. The molecule has 1 N–H and O–H groups in total. The molecule has 0 aliphatic rings. The van der Waals surface area contributed by atoms with Gasteiger partial charge in [0.25, 0.3) is 5.91 Å². The zero-order chi connectivity index (χ0) is 20.1. The molecule has 0 unspecified atom stereocenters. The van der Waals surface area contributed by atoms with E-state index in [1.54, 1.807) is 11.3 Å². The Morgan fingerprint density at radius 1 is 1.07 bits per heavy atom. The molecule has 146 valence electrons. The molecule has 0 saturated heterocycles. The van der Waals surface area contributed by atoms with E-state index in [-0.39, 0.29) is 17.9 Å². The second kappa shape index (κ2) is 8.57. The Balaban J connectivity index is 1.46. The molecule has 2 aromatic carbocycles. The first kappa shape index (κ1) is 20.1. The largest absolute Gasteiger partial charge is 0.484 e. The van der Waals surface area contributed by atoms with Crippen molar-refractivity contribution in [3.05, 3.63) is 70.0 Å². The Labute approximate surface area is 170 Å². The van der Waals surface area contributed by atoms with Crippen LogP contribution in [-0.2, 0) is 16.8 Å². The van der Waals surface area contributed by atoms with Crippen LogP contribution in [0, 0.1) is 6.92 Å². The molecule has 5 heteroatoms. The number of nitrogens with zero attached hydrogens (tertiary/aromatic N) is 1. The van der Waals surface area contributed by atoms with Crippen molar-refractivity contribution in [3.8, 4) is 17.0 Å². The highest BCUT2D eigenvalue weighted by Crippen LogP contribution is 2.24. The van der Waals surface area contributed by atoms with E-state index in [2.05, 4.69) is 36.5 Å². The number of rotatable bonds is 6. The van der Waals surface area contributed by atoms with E-state index in [9.17, 15) is 4.79 Å². The van der Waals surface area contributed by atoms with Gasteiger partial charge in [-0.1, -0.05) is 57.2 Å². The topological polar surface area (TPSA) is 51.2 Å². The predicted octanol–water partition coefficient (Wildman–Crippen LogP) is 5.11. The average Bonchev–Trinajstić information content (AvgIpc) is 3.11. The highest BCUT2D eigenvalue weighted by Gasteiger charge is 2.13. The van der Waals surface area contributed by atoms with Gasteiger partial charge in [-0.05, 0) is 35.6 Å². The van der Waals surface area contributed by atoms with Gasteiger partial charge >= 0.3 is 0 Å². The molecule has 4 nitrogen and oxygen atoms in total. The van der Waals surface area contributed by atoms with Gasteiger partial charge in [0.1, 0.15) is 5.75 Å². The summed E-state index contributed by atoms with van der Waals surface area (Å²) in [5.41, 5.74) is 4.45. The minimum absolute atomic E-state index is 0.00501. The van der Waals surface area contributed by atoms with Crippen LogP contribution >= 0.6 is 11.3 Å². The van der Waals surface area contributed by atoms with E-state index in [1.165, 1.54) is 5.56 Å². The van der Waals surface area contributed by atoms with Crippen molar-refractivity contribution in [2.45, 2.75) is 39.7 Å². The Morgan fingerprint density at radius 3 is 2.32 bits per heavy atom. The standard InChI is InChI=1S/C23H26N2O2S/c1-16-25-21(15-28-16)18-7-5-17(6-8-18)13-24-22(26)14-27-20-11-9-19(10-12-20)23(2,3)4/h5-12,15H,13-14H2,1-4H3,(H,24,26). The highest BCUT2D eigenvalue weighted by atomic mass is 32.1. The summed E-state index contributed by atoms with van der Waals surface area (Å²) >= 11 is 1.64. The fourth-order valence-electron chi connectivity index (χ4n) is 2.74. The molecule has 3 rings (SSSR count). The van der Waals surface area contributed by atoms with E-state index < -0.39 is 0 Å². The zero-order valence-corrected chi connectivity index (χ0v) is 17.6. The van der Waals surface area contributed by atoms with Crippen molar-refractivity contribution in [2.24, 2.45) is 0 Å². The van der Waals surface area contributed by atoms with Gasteiger partial charge in [0.15, 0.2) is 6.61 Å². The first-order valence-electron chi connectivity index (χ1n) is 9.33. The normalized spacial score (nSPS) is 11.3. The lowest BCUT2D eigenvalue weighted by Crippen LogP contribution is -2.28. The molecule has 0 radical (unpaired) electrons. The van der Waals surface area contributed by atoms with Gasteiger partial charge in [-0.2, -0.15) is 0 Å². The fourth-order valence-corrected chi connectivity index (χ4v) is 3.36. The number of hydrogen-bond donors (Lipinski definition) is 1. The van der Waals surface area contributed by atoms with Crippen LogP contribution in [0.15, 0.2) is 53.9 Å². The summed E-state index contributed by atoms with van der Waals surface area (Å²) in [6, 6.07) is 16.0. The lowest BCUT2D eigenvalue weighted by Gasteiger charge is -2.19. The van der Waals surface area contributed by atoms with Gasteiger partial charge in [0, 0.05) is 17.5 Å². The van der Waals surface area contributed by atoms with E-state index >= 15 is 0 Å². The van der Waals surface area contributed by atoms with Crippen molar-refractivity contribution in [3.63, 3.8) is 0 Å². The van der Waals surface area contributed by atoms with Crippen molar-refractivity contribution in [2.75, 3.05) is 6.61 Å². The average molecular weight is 395 g/mol. The van der Waals surface area contributed by atoms with Crippen LogP contribution in [0.4, 0.5) is 0 Å². The summed E-state index contributed by atoms with van der Waals surface area (Å²) in [6.45, 7) is 8.98. The molecule has 28 heavy (non-hydrogen) atoms. The number of benzene rings is 2. The summed E-state index contributed by atoms with van der Waals surface area (Å²) in [4.78, 5) is 16.6. The van der Waals surface area contributed by atoms with Crippen LogP contribution in [-0.4, -0.2) is 17.5 Å². The van der Waals surface area contributed by atoms with Gasteiger partial charge in [-0.15, -0.1) is 11.3 Å². The monoisotopic (exact) mass is 394 g/mol. The third kappa shape index (κ3) is 5.42. The van der Waals surface area contributed by atoms with Crippen LogP contribution in [0.2, 0.25) is 0 Å². The van der Waals surface area contributed by atoms with Crippen LogP contribution in [0.5, 0.6) is 5.75 Å². The SMILES string of the molecule is Cc1nc(-c2ccc(CNC(=O)COc3ccc(C(C)(C)C)cc3)cc2)cs1. The minimum atomic E-state index is -0.140. The third-order valence-electron chi connectivity index (χ3n) is 4.45. The van der Waals surface area contributed by atoms with Gasteiger partial charge < -0.3 is 10.1 Å². The zero-order valence-electron chi connectivity index (χ0n) is 16.8. The van der Waals surface area contributed by atoms with Crippen LogP contribution in [0.3, 0.4) is 0 Å². The number of carbonyl (C=O) groups is 1. The smallest absolute Gasteiger partial charge is 0.258 e. The Morgan fingerprint density at radius 2 is 1.75 bits per heavy atom. The minimum Gasteiger partial charge on any atom is -0.484 e. The summed E-state index contributed by atoms with van der Waals surface area (Å²) in [5.74, 6) is 0.560. The molecule has 3 aromatic rings. The number of aromatic nitrogens is 1. The summed E-state index contributed by atoms with van der Waals surface area (Å²) in [7, 11) is 0. The highest BCUT2D eigenvalue weighted by molar-refractivity contribution is 7.09. The number of carbonyl (C=O) groups excluding carboxylic acids is 1. The van der Waals surface area contributed by atoms with E-state index in [0.717, 1.165) is 21.8 Å². The number of hydrogen-bond acceptors (Lipinski definition) is 4. The Hall–Kier alpha value is -2.66. The number of aryl methyl sites for hydroxylation is 1. The maximum absolute atomic E-state index is 12.1. The van der Waals surface area contributed by atoms with E-state index in [0.29, 0.717) is 12.3 Å². The molecule has 0 aliphatic carbocycles. The molecule has 0 aliphatic heterocycles. The fraction of sp³-hybridized carbons (Fsp3) is 0.304. The molecule has 0 bridgehead atoms. The molecular formula is C23H26N2O2S. The van der Waals surface area contributed by atoms with Crippen molar-refractivity contribution in [1.29, 1.82) is 0 Å². The summed E-state index contributed by atoms with van der Waals surface area (Å²) in [5, 5.41) is 6.00. The number of thiazole rings is 1. The van der Waals surface area contributed by atoms with Crippen LogP contribution < -0.4 is 10.1 Å². The molecule has 1 amide bonds. The van der Waals surface area contributed by atoms with Gasteiger partial charge in [0.2, 0.25) is 0 Å². The maximum atomic E-state index is 12.1. The lowest BCUT2D eigenvalue weighted by atomic mass is 9.87. The van der Waals surface area contributed by atoms with E-state index in [1.807, 2.05) is 55.5 Å². The molecule has 0 spiro atoms. The molecule has 1 aromatic heterocycles. The first-order valence-corrected chi connectivity index (χ1v) is 10.2. The second-order valence-electron chi connectivity index (χ2n) is 7.79. The number of amides is 1.